The van der Waals surface area contributed by atoms with Gasteiger partial charge in [-0.1, -0.05) is 25.1 Å². The molecule has 1 aliphatic heterocycles. The summed E-state index contributed by atoms with van der Waals surface area (Å²) in [5.41, 5.74) is -2.26. The summed E-state index contributed by atoms with van der Waals surface area (Å²) in [7, 11) is -2.72. The van der Waals surface area contributed by atoms with Crippen molar-refractivity contribution in [2.24, 2.45) is 5.92 Å². The average Bonchev–Trinajstić information content (AvgIpc) is 3.01. The molecule has 1 aromatic heterocycles. The number of aliphatic hydroxyl groups is 2. The molecule has 0 bridgehead atoms. The summed E-state index contributed by atoms with van der Waals surface area (Å²) in [6, 6.07) is 9.48. The number of ether oxygens (including phenoxy) is 2. The summed E-state index contributed by atoms with van der Waals surface area (Å²) in [5.74, 6) is -1.13. The van der Waals surface area contributed by atoms with Gasteiger partial charge in [0.1, 0.15) is 23.6 Å². The van der Waals surface area contributed by atoms with Crippen molar-refractivity contribution in [1.82, 2.24) is 9.55 Å². The van der Waals surface area contributed by atoms with E-state index in [1.54, 1.807) is 30.3 Å². The van der Waals surface area contributed by atoms with E-state index in [4.69, 9.17) is 30.7 Å². The van der Waals surface area contributed by atoms with E-state index in [2.05, 4.69) is 4.98 Å². The number of hydrogen-bond acceptors (Lipinski definition) is 10. The summed E-state index contributed by atoms with van der Waals surface area (Å²) in [6.45, 7) is 2.44. The zero-order chi connectivity index (χ0) is 25.1. The largest absolute Gasteiger partial charge is 0.469 e. The summed E-state index contributed by atoms with van der Waals surface area (Å²) < 4.78 is 36.6. The number of nitrogens with one attached hydrogen (secondary N) is 1. The van der Waals surface area contributed by atoms with Gasteiger partial charge in [-0.05, 0) is 31.3 Å². The number of carbonyl (C=O) groups excluding carboxylic acids is 1. The highest BCUT2D eigenvalue weighted by Gasteiger charge is 2.53. The maximum absolute atomic E-state index is 13.6. The molecule has 1 aromatic carbocycles. The van der Waals surface area contributed by atoms with E-state index in [0.717, 1.165) is 0 Å². The lowest BCUT2D eigenvalue weighted by molar-refractivity contribution is -0.144. The zero-order valence-corrected chi connectivity index (χ0v) is 20.5. The number of para-hydroxylation sites is 1. The van der Waals surface area contributed by atoms with E-state index < -0.39 is 55.7 Å². The molecule has 34 heavy (non-hydrogen) atoms. The number of methoxy groups -OCH3 is 1. The highest BCUT2D eigenvalue weighted by atomic mass is 32.1. The number of benzene rings is 1. The Morgan fingerprint density at radius 3 is 2.65 bits per heavy atom. The molecular weight excluding hydrogens is 487 g/mol. The molecule has 0 spiro atoms. The molecule has 13 heteroatoms. The SMILES string of the molecule is COC(=O)[C@H](C)C[P@@](=O)(OC[C@H]1O[C@@H](n2ccc(=O)[nH]c2=S)C(C)(O)[C@H]1O)Oc1ccccc1. The summed E-state index contributed by atoms with van der Waals surface area (Å²) >= 11 is 5.13. The van der Waals surface area contributed by atoms with Gasteiger partial charge in [0.2, 0.25) is 0 Å². The number of rotatable bonds is 9. The van der Waals surface area contributed by atoms with E-state index in [1.807, 2.05) is 0 Å². The van der Waals surface area contributed by atoms with Gasteiger partial charge in [-0.2, -0.15) is 0 Å². The summed E-state index contributed by atoms with van der Waals surface area (Å²) in [6.07, 6.45) is -2.71. The first-order valence-electron chi connectivity index (χ1n) is 10.4. The van der Waals surface area contributed by atoms with Gasteiger partial charge in [0.15, 0.2) is 11.0 Å². The minimum absolute atomic E-state index is 0.0171. The number of aliphatic hydroxyl groups excluding tert-OH is 1. The quantitative estimate of drug-likeness (QED) is 0.258. The predicted octanol–water partition coefficient (Wildman–Crippen LogP) is 2.01. The Kier molecular flexibility index (Phi) is 8.12. The molecule has 2 aromatic rings. The third-order valence-electron chi connectivity index (χ3n) is 5.38. The van der Waals surface area contributed by atoms with Crippen LogP contribution in [0.25, 0.3) is 0 Å². The molecular formula is C21H27N2O9PS. The van der Waals surface area contributed by atoms with Crippen LogP contribution in [-0.4, -0.2) is 63.4 Å². The molecule has 1 unspecified atom stereocenters. The third kappa shape index (κ3) is 5.83. The first-order valence-corrected chi connectivity index (χ1v) is 12.5. The third-order valence-corrected chi connectivity index (χ3v) is 7.72. The lowest BCUT2D eigenvalue weighted by Crippen LogP contribution is -2.44. The molecule has 11 nitrogen and oxygen atoms in total. The van der Waals surface area contributed by atoms with E-state index in [9.17, 15) is 24.4 Å². The van der Waals surface area contributed by atoms with Gasteiger partial charge in [0, 0.05) is 12.3 Å². The standard InChI is InChI=1S/C21H27N2O9PS/c1-13(18(26)29-3)12-33(28,32-14-7-5-4-6-8-14)30-11-15-17(25)21(2,27)19(31-15)23-10-9-16(24)22-20(23)34/h4-10,13,15,17,19,25,27H,11-12H2,1-3H3,(H,22,24,34)/t13-,15-,17+,19-,21?,33-/m1/s1. The number of aromatic nitrogens is 2. The predicted molar refractivity (Wildman–Crippen MR) is 123 cm³/mol. The fourth-order valence-corrected chi connectivity index (χ4v) is 5.67. The van der Waals surface area contributed by atoms with Gasteiger partial charge in [-0.25, -0.2) is 4.57 Å². The lowest BCUT2D eigenvalue weighted by atomic mass is 9.96. The van der Waals surface area contributed by atoms with Crippen molar-refractivity contribution in [2.45, 2.75) is 37.9 Å². The Morgan fingerprint density at radius 1 is 1.35 bits per heavy atom. The Bertz CT molecular complexity index is 1170. The van der Waals surface area contributed by atoms with Crippen molar-refractivity contribution in [3.05, 3.63) is 57.7 Å². The Labute approximate surface area is 200 Å². The van der Waals surface area contributed by atoms with Crippen LogP contribution in [0.3, 0.4) is 0 Å². The van der Waals surface area contributed by atoms with Crippen molar-refractivity contribution in [3.63, 3.8) is 0 Å². The maximum Gasteiger partial charge on any atom is 0.380 e. The molecule has 1 aliphatic rings. The molecule has 3 rings (SSSR count). The second-order valence-corrected chi connectivity index (χ2v) is 10.5. The van der Waals surface area contributed by atoms with E-state index in [1.165, 1.54) is 37.8 Å². The van der Waals surface area contributed by atoms with Crippen LogP contribution in [0.15, 0.2) is 47.4 Å². The molecule has 2 heterocycles. The van der Waals surface area contributed by atoms with Crippen LogP contribution < -0.4 is 10.1 Å². The number of H-pyrrole nitrogens is 1. The molecule has 3 N–H and O–H groups in total. The fourth-order valence-electron chi connectivity index (χ4n) is 3.55. The number of aromatic amines is 1. The topological polar surface area (TPSA) is 149 Å². The Balaban J connectivity index is 1.80. The van der Waals surface area contributed by atoms with Gasteiger partial charge in [-0.15, -0.1) is 0 Å². The van der Waals surface area contributed by atoms with E-state index >= 15 is 0 Å². The number of esters is 1. The van der Waals surface area contributed by atoms with Crippen molar-refractivity contribution in [2.75, 3.05) is 19.9 Å². The molecule has 6 atom stereocenters. The Hall–Kier alpha value is -2.34. The molecule has 186 valence electrons. The van der Waals surface area contributed by atoms with Crippen LogP contribution >= 0.6 is 19.8 Å². The first kappa shape index (κ1) is 26.3. The van der Waals surface area contributed by atoms with Crippen molar-refractivity contribution in [1.29, 1.82) is 0 Å². The summed E-state index contributed by atoms with van der Waals surface area (Å²) in [5, 5.41) is 21.6. The minimum Gasteiger partial charge on any atom is -0.469 e. The normalized spacial score (nSPS) is 27.0. The molecule has 0 radical (unpaired) electrons. The van der Waals surface area contributed by atoms with Crippen molar-refractivity contribution < 1.29 is 38.1 Å². The summed E-state index contributed by atoms with van der Waals surface area (Å²) in [4.78, 5) is 25.8. The van der Waals surface area contributed by atoms with Gasteiger partial charge in [-0.3, -0.25) is 23.7 Å². The van der Waals surface area contributed by atoms with Gasteiger partial charge in [0.25, 0.3) is 5.56 Å². The van der Waals surface area contributed by atoms with Crippen LogP contribution in [0.5, 0.6) is 5.75 Å². The smallest absolute Gasteiger partial charge is 0.380 e. The van der Waals surface area contributed by atoms with Crippen molar-refractivity contribution in [3.8, 4) is 5.75 Å². The monoisotopic (exact) mass is 514 g/mol. The number of nitrogens with zero attached hydrogens (tertiary/aromatic N) is 1. The van der Waals surface area contributed by atoms with Crippen LogP contribution in [0.4, 0.5) is 0 Å². The van der Waals surface area contributed by atoms with E-state index in [0.29, 0.717) is 0 Å². The van der Waals surface area contributed by atoms with Gasteiger partial charge in [0.05, 0.1) is 25.8 Å². The second-order valence-electron chi connectivity index (χ2n) is 8.13. The lowest BCUT2D eigenvalue weighted by Gasteiger charge is -2.28. The number of hydrogen-bond donors (Lipinski definition) is 3. The number of carbonyl (C=O) groups is 1. The zero-order valence-electron chi connectivity index (χ0n) is 18.8. The molecule has 0 aliphatic carbocycles. The second kappa shape index (κ2) is 10.5. The van der Waals surface area contributed by atoms with E-state index in [-0.39, 0.29) is 16.7 Å². The van der Waals surface area contributed by atoms with Crippen molar-refractivity contribution >= 4 is 25.8 Å². The average molecular weight is 514 g/mol. The highest BCUT2D eigenvalue weighted by Crippen LogP contribution is 2.51. The van der Waals surface area contributed by atoms with Crippen LogP contribution in [-0.2, 0) is 23.4 Å². The molecule has 1 saturated heterocycles. The van der Waals surface area contributed by atoms with Crippen LogP contribution in [0.2, 0.25) is 0 Å². The molecule has 1 fully saturated rings. The molecule has 0 amide bonds. The maximum atomic E-state index is 13.6. The van der Waals surface area contributed by atoms with Crippen LogP contribution in [0, 0.1) is 10.7 Å². The highest BCUT2D eigenvalue weighted by molar-refractivity contribution is 7.71. The Morgan fingerprint density at radius 2 is 2.03 bits per heavy atom. The molecule has 0 saturated carbocycles. The van der Waals surface area contributed by atoms with Gasteiger partial charge >= 0.3 is 13.6 Å². The van der Waals surface area contributed by atoms with Gasteiger partial charge < -0.3 is 24.2 Å². The first-order chi connectivity index (χ1) is 16.0. The fraction of sp³-hybridized carbons (Fsp3) is 0.476. The van der Waals surface area contributed by atoms with Crippen LogP contribution in [0.1, 0.15) is 20.1 Å². The minimum atomic E-state index is -3.94.